The highest BCUT2D eigenvalue weighted by Crippen LogP contribution is 2.23. The van der Waals surface area contributed by atoms with Crippen LogP contribution in [0.4, 0.5) is 4.39 Å². The second-order valence-electron chi connectivity index (χ2n) is 7.09. The normalized spacial score (nSPS) is 15.1. The summed E-state index contributed by atoms with van der Waals surface area (Å²) in [5.41, 5.74) is 0.887. The fraction of sp³-hybridized carbons (Fsp3) is 0.238. The number of carbonyl (C=O) groups is 1. The monoisotopic (exact) mass is 494 g/mol. The molecular weight excluding hydrogens is 475 g/mol. The molecule has 3 aromatic rings. The molecule has 0 saturated carbocycles. The lowest BCUT2D eigenvalue weighted by molar-refractivity contribution is -0.129. The molecule has 1 saturated heterocycles. The van der Waals surface area contributed by atoms with Gasteiger partial charge in [0, 0.05) is 49.3 Å². The quantitative estimate of drug-likeness (QED) is 0.491. The van der Waals surface area contributed by atoms with E-state index in [0.717, 1.165) is 11.8 Å². The minimum Gasteiger partial charge on any atom is -0.339 e. The first kappa shape index (κ1) is 22.8. The molecule has 2 heterocycles. The van der Waals surface area contributed by atoms with E-state index in [9.17, 15) is 17.6 Å². The highest BCUT2D eigenvalue weighted by molar-refractivity contribution is 7.99. The zero-order chi connectivity index (χ0) is 22.7. The summed E-state index contributed by atoms with van der Waals surface area (Å²) in [6.45, 7) is 0.877. The first-order valence-electron chi connectivity index (χ1n) is 9.80. The predicted octanol–water partition coefficient (Wildman–Crippen LogP) is 3.29. The van der Waals surface area contributed by atoms with Crippen molar-refractivity contribution in [2.45, 2.75) is 10.1 Å². The van der Waals surface area contributed by atoms with Crippen LogP contribution in [0, 0.1) is 5.82 Å². The lowest BCUT2D eigenvalue weighted by atomic mass is 10.3. The van der Waals surface area contributed by atoms with Gasteiger partial charge in [-0.3, -0.25) is 9.36 Å². The maximum Gasteiger partial charge on any atom is 0.243 e. The van der Waals surface area contributed by atoms with E-state index < -0.39 is 15.8 Å². The number of rotatable bonds is 6. The van der Waals surface area contributed by atoms with Gasteiger partial charge in [0.2, 0.25) is 15.9 Å². The molecule has 1 amide bonds. The first-order chi connectivity index (χ1) is 15.3. The minimum atomic E-state index is -3.79. The van der Waals surface area contributed by atoms with Crippen molar-refractivity contribution in [3.8, 4) is 5.69 Å². The van der Waals surface area contributed by atoms with Crippen LogP contribution in [0.3, 0.4) is 0 Å². The Morgan fingerprint density at radius 3 is 2.50 bits per heavy atom. The lowest BCUT2D eigenvalue weighted by Crippen LogP contribution is -2.51. The maximum absolute atomic E-state index is 13.4. The van der Waals surface area contributed by atoms with Gasteiger partial charge in [0.25, 0.3) is 0 Å². The number of benzene rings is 2. The van der Waals surface area contributed by atoms with Gasteiger partial charge >= 0.3 is 0 Å². The molecule has 2 aromatic carbocycles. The largest absolute Gasteiger partial charge is 0.339 e. The summed E-state index contributed by atoms with van der Waals surface area (Å²) in [7, 11) is -3.79. The minimum absolute atomic E-state index is 0.0816. The molecule has 1 aliphatic heterocycles. The Hall–Kier alpha value is -2.40. The molecule has 7 nitrogen and oxygen atoms in total. The fourth-order valence-electron chi connectivity index (χ4n) is 3.37. The van der Waals surface area contributed by atoms with Crippen molar-refractivity contribution in [1.82, 2.24) is 18.8 Å². The molecule has 1 aliphatic rings. The Kier molecular flexibility index (Phi) is 6.85. The molecule has 0 atom stereocenters. The molecule has 168 valence electrons. The zero-order valence-corrected chi connectivity index (χ0v) is 19.3. The third-order valence-corrected chi connectivity index (χ3v) is 8.16. The fourth-order valence-corrected chi connectivity index (χ4v) is 5.82. The Morgan fingerprint density at radius 1 is 1.09 bits per heavy atom. The van der Waals surface area contributed by atoms with Crippen LogP contribution in [0.1, 0.15) is 0 Å². The van der Waals surface area contributed by atoms with E-state index >= 15 is 0 Å². The summed E-state index contributed by atoms with van der Waals surface area (Å²) < 4.78 is 42.0. The lowest BCUT2D eigenvalue weighted by Gasteiger charge is -2.34. The Balaban J connectivity index is 1.34. The van der Waals surface area contributed by atoms with Crippen LogP contribution in [-0.2, 0) is 14.8 Å². The summed E-state index contributed by atoms with van der Waals surface area (Å²) in [6.07, 6.45) is 3.48. The van der Waals surface area contributed by atoms with Crippen LogP contribution in [-0.4, -0.2) is 65.0 Å². The Morgan fingerprint density at radius 2 is 1.81 bits per heavy atom. The van der Waals surface area contributed by atoms with Crippen molar-refractivity contribution in [2.75, 3.05) is 31.9 Å². The Labute approximate surface area is 194 Å². The van der Waals surface area contributed by atoms with Gasteiger partial charge in [0.05, 0.1) is 10.6 Å². The van der Waals surface area contributed by atoms with Crippen LogP contribution in [0.5, 0.6) is 0 Å². The number of piperazine rings is 1. The number of thioether (sulfide) groups is 1. The molecule has 0 spiro atoms. The SMILES string of the molecule is O=C(CSc1nccn1-c1ccc(Cl)cc1)N1CCN(S(=O)(=O)c2cccc(F)c2)CC1. The second kappa shape index (κ2) is 9.62. The molecule has 1 aromatic heterocycles. The topological polar surface area (TPSA) is 75.5 Å². The van der Waals surface area contributed by atoms with Gasteiger partial charge in [-0.2, -0.15) is 4.31 Å². The average molecular weight is 495 g/mol. The number of halogens is 2. The van der Waals surface area contributed by atoms with E-state index in [2.05, 4.69) is 4.98 Å². The van der Waals surface area contributed by atoms with E-state index in [4.69, 9.17) is 11.6 Å². The molecule has 4 rings (SSSR count). The van der Waals surface area contributed by atoms with Crippen LogP contribution < -0.4 is 0 Å². The van der Waals surface area contributed by atoms with Gasteiger partial charge in [-0.25, -0.2) is 17.8 Å². The number of carbonyl (C=O) groups excluding carboxylic acids is 1. The smallest absolute Gasteiger partial charge is 0.243 e. The molecule has 11 heteroatoms. The van der Waals surface area contributed by atoms with Gasteiger partial charge < -0.3 is 4.90 Å². The average Bonchev–Trinajstić information content (AvgIpc) is 3.26. The third-order valence-electron chi connectivity index (χ3n) is 5.06. The van der Waals surface area contributed by atoms with Gasteiger partial charge in [-0.05, 0) is 42.5 Å². The summed E-state index contributed by atoms with van der Waals surface area (Å²) in [5.74, 6) is -0.515. The number of hydrogen-bond acceptors (Lipinski definition) is 5. The second-order valence-corrected chi connectivity index (χ2v) is 10.4. The highest BCUT2D eigenvalue weighted by atomic mass is 35.5. The molecule has 0 N–H and O–H groups in total. The van der Waals surface area contributed by atoms with Crippen molar-refractivity contribution in [1.29, 1.82) is 0 Å². The highest BCUT2D eigenvalue weighted by Gasteiger charge is 2.30. The Bertz CT molecular complexity index is 1210. The van der Waals surface area contributed by atoms with E-state index in [1.165, 1.54) is 34.3 Å². The van der Waals surface area contributed by atoms with E-state index in [0.29, 0.717) is 10.2 Å². The van der Waals surface area contributed by atoms with Crippen LogP contribution in [0.2, 0.25) is 5.02 Å². The van der Waals surface area contributed by atoms with Crippen molar-refractivity contribution < 1.29 is 17.6 Å². The van der Waals surface area contributed by atoms with E-state index in [1.807, 2.05) is 22.9 Å². The van der Waals surface area contributed by atoms with Crippen molar-refractivity contribution in [2.24, 2.45) is 0 Å². The predicted molar refractivity (Wildman–Crippen MR) is 121 cm³/mol. The number of hydrogen-bond donors (Lipinski definition) is 0. The number of nitrogens with zero attached hydrogens (tertiary/aromatic N) is 4. The number of imidazole rings is 1. The molecule has 32 heavy (non-hydrogen) atoms. The van der Waals surface area contributed by atoms with E-state index in [1.54, 1.807) is 23.2 Å². The molecule has 0 unspecified atom stereocenters. The first-order valence-corrected chi connectivity index (χ1v) is 12.6. The van der Waals surface area contributed by atoms with Crippen molar-refractivity contribution >= 4 is 39.3 Å². The molecular formula is C21H20ClFN4O3S2. The zero-order valence-electron chi connectivity index (χ0n) is 16.9. The number of aromatic nitrogens is 2. The summed E-state index contributed by atoms with van der Waals surface area (Å²) in [6, 6.07) is 12.3. The standard InChI is InChI=1S/C21H20ClFN4O3S2/c22-16-4-6-18(7-5-16)27-9-8-24-21(27)31-15-20(28)25-10-12-26(13-11-25)32(29,30)19-3-1-2-17(23)14-19/h1-9,14H,10-13,15H2. The van der Waals surface area contributed by atoms with Crippen LogP contribution in [0.15, 0.2) is 71.0 Å². The van der Waals surface area contributed by atoms with Crippen molar-refractivity contribution in [3.63, 3.8) is 0 Å². The van der Waals surface area contributed by atoms with Crippen LogP contribution in [0.25, 0.3) is 5.69 Å². The summed E-state index contributed by atoms with van der Waals surface area (Å²) >= 11 is 7.26. The van der Waals surface area contributed by atoms with Crippen molar-refractivity contribution in [3.05, 3.63) is 71.8 Å². The van der Waals surface area contributed by atoms with Gasteiger partial charge in [-0.1, -0.05) is 29.4 Å². The molecule has 0 aliphatic carbocycles. The molecule has 1 fully saturated rings. The summed E-state index contributed by atoms with van der Waals surface area (Å²) in [4.78, 5) is 18.6. The molecule has 0 radical (unpaired) electrons. The van der Waals surface area contributed by atoms with E-state index in [-0.39, 0.29) is 42.7 Å². The number of amides is 1. The summed E-state index contributed by atoms with van der Waals surface area (Å²) in [5, 5.41) is 1.31. The van der Waals surface area contributed by atoms with Gasteiger partial charge in [0.15, 0.2) is 5.16 Å². The number of sulfonamides is 1. The maximum atomic E-state index is 13.4. The van der Waals surface area contributed by atoms with Gasteiger partial charge in [-0.15, -0.1) is 0 Å². The third kappa shape index (κ3) is 4.98. The van der Waals surface area contributed by atoms with Crippen LogP contribution >= 0.6 is 23.4 Å². The molecule has 0 bridgehead atoms. The van der Waals surface area contributed by atoms with Gasteiger partial charge in [0.1, 0.15) is 5.82 Å².